The van der Waals surface area contributed by atoms with Crippen LogP contribution in [0.25, 0.3) is 10.9 Å². The summed E-state index contributed by atoms with van der Waals surface area (Å²) in [6.45, 7) is 1.68. The van der Waals surface area contributed by atoms with Crippen molar-refractivity contribution >= 4 is 22.8 Å². The largest absolute Gasteiger partial charge is 0.480 e. The minimum absolute atomic E-state index is 0.245. The van der Waals surface area contributed by atoms with E-state index in [1.807, 2.05) is 0 Å². The third-order valence-corrected chi connectivity index (χ3v) is 2.79. The number of benzene rings is 1. The van der Waals surface area contributed by atoms with Crippen LogP contribution >= 0.6 is 0 Å². The number of rotatable bonds is 4. The van der Waals surface area contributed by atoms with Crippen molar-refractivity contribution in [2.24, 2.45) is 0 Å². The van der Waals surface area contributed by atoms with E-state index in [0.717, 1.165) is 0 Å². The Morgan fingerprint density at radius 2 is 2.05 bits per heavy atom. The number of carbonyl (C=O) groups is 2. The normalized spacial score (nSPS) is 10.4. The molecule has 1 heterocycles. The van der Waals surface area contributed by atoms with E-state index < -0.39 is 11.9 Å². The molecule has 0 spiro atoms. The first-order valence-electron chi connectivity index (χ1n) is 6.05. The van der Waals surface area contributed by atoms with Gasteiger partial charge in [-0.25, -0.2) is 4.79 Å². The third-order valence-electron chi connectivity index (χ3n) is 2.79. The number of fused-ring (bicyclic) bond motifs is 1. The minimum Gasteiger partial charge on any atom is -0.480 e. The number of hydrogen-bond donors (Lipinski definition) is 1. The number of carboxylic acids is 1. The minimum atomic E-state index is -1.01. The van der Waals surface area contributed by atoms with Crippen LogP contribution in [0.1, 0.15) is 17.3 Å². The van der Waals surface area contributed by atoms with Crippen LogP contribution in [-0.2, 0) is 16.1 Å². The van der Waals surface area contributed by atoms with E-state index in [4.69, 9.17) is 9.84 Å². The lowest BCUT2D eigenvalue weighted by Crippen LogP contribution is -2.14. The van der Waals surface area contributed by atoms with Crippen molar-refractivity contribution in [3.05, 3.63) is 46.2 Å². The van der Waals surface area contributed by atoms with Gasteiger partial charge in [-0.2, -0.15) is 0 Å². The number of carboxylic acid groups (broad SMARTS) is 1. The number of esters is 1. The molecule has 1 aromatic carbocycles. The molecule has 0 fully saturated rings. The van der Waals surface area contributed by atoms with Gasteiger partial charge in [-0.1, -0.05) is 0 Å². The molecule has 0 amide bonds. The predicted molar refractivity (Wildman–Crippen MR) is 71.8 cm³/mol. The first-order valence-corrected chi connectivity index (χ1v) is 6.05. The van der Waals surface area contributed by atoms with Gasteiger partial charge in [0.05, 0.1) is 17.7 Å². The Kier molecular flexibility index (Phi) is 3.84. The Labute approximate surface area is 114 Å². The standard InChI is InChI=1S/C14H13NO5/c1-2-20-14(19)9-3-4-11-10(7-9)12(16)5-6-15(11)8-13(17)18/h3-7H,2,8H2,1H3,(H,17,18). The molecule has 0 radical (unpaired) electrons. The lowest BCUT2D eigenvalue weighted by atomic mass is 10.1. The highest BCUT2D eigenvalue weighted by atomic mass is 16.5. The number of ether oxygens (including phenoxy) is 1. The zero-order valence-electron chi connectivity index (χ0n) is 10.8. The zero-order valence-corrected chi connectivity index (χ0v) is 10.8. The molecule has 0 bridgehead atoms. The molecule has 1 aromatic heterocycles. The summed E-state index contributed by atoms with van der Waals surface area (Å²) >= 11 is 0. The highest BCUT2D eigenvalue weighted by molar-refractivity contribution is 5.94. The third kappa shape index (κ3) is 2.69. The molecule has 20 heavy (non-hydrogen) atoms. The van der Waals surface area contributed by atoms with Crippen molar-refractivity contribution < 1.29 is 19.4 Å². The summed E-state index contributed by atoms with van der Waals surface area (Å²) in [4.78, 5) is 34.3. The molecule has 6 heteroatoms. The smallest absolute Gasteiger partial charge is 0.338 e. The van der Waals surface area contributed by atoms with Crippen molar-refractivity contribution in [1.82, 2.24) is 4.57 Å². The summed E-state index contributed by atoms with van der Waals surface area (Å²) in [5, 5.41) is 9.13. The molecule has 2 aromatic rings. The number of aromatic nitrogens is 1. The van der Waals surface area contributed by atoms with Crippen LogP contribution in [0.2, 0.25) is 0 Å². The van der Waals surface area contributed by atoms with Gasteiger partial charge >= 0.3 is 11.9 Å². The zero-order chi connectivity index (χ0) is 14.7. The monoisotopic (exact) mass is 275 g/mol. The average molecular weight is 275 g/mol. The second-order valence-corrected chi connectivity index (χ2v) is 4.15. The molecule has 6 nitrogen and oxygen atoms in total. The van der Waals surface area contributed by atoms with Gasteiger partial charge in [0, 0.05) is 17.6 Å². The fourth-order valence-corrected chi connectivity index (χ4v) is 1.94. The number of hydrogen-bond acceptors (Lipinski definition) is 4. The Morgan fingerprint density at radius 3 is 2.70 bits per heavy atom. The molecule has 0 unspecified atom stereocenters. The van der Waals surface area contributed by atoms with Crippen LogP contribution in [0.3, 0.4) is 0 Å². The van der Waals surface area contributed by atoms with Crippen molar-refractivity contribution in [2.45, 2.75) is 13.5 Å². The predicted octanol–water partition coefficient (Wildman–Crippen LogP) is 1.26. The van der Waals surface area contributed by atoms with Gasteiger partial charge in [0.25, 0.3) is 0 Å². The lowest BCUT2D eigenvalue weighted by Gasteiger charge is -2.09. The molecule has 104 valence electrons. The second kappa shape index (κ2) is 5.56. The maximum Gasteiger partial charge on any atom is 0.338 e. The van der Waals surface area contributed by atoms with Crippen LogP contribution in [0.5, 0.6) is 0 Å². The Hall–Kier alpha value is -2.63. The summed E-state index contributed by atoms with van der Waals surface area (Å²) in [6, 6.07) is 5.76. The first kappa shape index (κ1) is 13.8. The molecular weight excluding hydrogens is 262 g/mol. The molecular formula is C14H13NO5. The quantitative estimate of drug-likeness (QED) is 0.849. The lowest BCUT2D eigenvalue weighted by molar-refractivity contribution is -0.137. The average Bonchev–Trinajstić information content (AvgIpc) is 2.41. The van der Waals surface area contributed by atoms with Gasteiger partial charge < -0.3 is 14.4 Å². The van der Waals surface area contributed by atoms with E-state index >= 15 is 0 Å². The number of aliphatic carboxylic acids is 1. The van der Waals surface area contributed by atoms with E-state index in [1.54, 1.807) is 13.0 Å². The van der Waals surface area contributed by atoms with E-state index in [0.29, 0.717) is 10.9 Å². The Morgan fingerprint density at radius 1 is 1.30 bits per heavy atom. The summed E-state index contributed by atoms with van der Waals surface area (Å²) < 4.78 is 6.31. The molecule has 0 aliphatic rings. The maximum absolute atomic E-state index is 11.8. The van der Waals surface area contributed by atoms with Gasteiger partial charge in [-0.15, -0.1) is 0 Å². The van der Waals surface area contributed by atoms with Crippen LogP contribution in [0.4, 0.5) is 0 Å². The summed E-state index contributed by atoms with van der Waals surface area (Å²) in [6.07, 6.45) is 1.42. The fourth-order valence-electron chi connectivity index (χ4n) is 1.94. The fraction of sp³-hybridized carbons (Fsp3) is 0.214. The van der Waals surface area contributed by atoms with Crippen molar-refractivity contribution in [3.63, 3.8) is 0 Å². The van der Waals surface area contributed by atoms with Gasteiger partial charge in [0.1, 0.15) is 6.54 Å². The maximum atomic E-state index is 11.8. The summed E-state index contributed by atoms with van der Waals surface area (Å²) in [7, 11) is 0. The number of pyridine rings is 1. The molecule has 0 aliphatic carbocycles. The van der Waals surface area contributed by atoms with E-state index in [2.05, 4.69) is 0 Å². The molecule has 0 aliphatic heterocycles. The molecule has 0 saturated carbocycles. The molecule has 2 rings (SSSR count). The van der Waals surface area contributed by atoms with Crippen LogP contribution < -0.4 is 5.43 Å². The van der Waals surface area contributed by atoms with Crippen LogP contribution in [0, 0.1) is 0 Å². The van der Waals surface area contributed by atoms with Crippen LogP contribution in [0.15, 0.2) is 35.3 Å². The highest BCUT2D eigenvalue weighted by Crippen LogP contribution is 2.14. The van der Waals surface area contributed by atoms with Gasteiger partial charge in [-0.05, 0) is 25.1 Å². The molecule has 0 saturated heterocycles. The first-order chi connectivity index (χ1) is 9.52. The summed E-state index contributed by atoms with van der Waals surface area (Å²) in [5.74, 6) is -1.52. The van der Waals surface area contributed by atoms with Crippen LogP contribution in [-0.4, -0.2) is 28.2 Å². The second-order valence-electron chi connectivity index (χ2n) is 4.15. The summed E-state index contributed by atoms with van der Waals surface area (Å²) in [5.41, 5.74) is 0.463. The molecule has 0 atom stereocenters. The Balaban J connectivity index is 2.57. The van der Waals surface area contributed by atoms with Gasteiger partial charge in [0.2, 0.25) is 0 Å². The van der Waals surface area contributed by atoms with Gasteiger partial charge in [0.15, 0.2) is 5.43 Å². The van der Waals surface area contributed by atoms with E-state index in [9.17, 15) is 14.4 Å². The van der Waals surface area contributed by atoms with Crippen molar-refractivity contribution in [3.8, 4) is 0 Å². The Bertz CT molecular complexity index is 732. The number of nitrogens with zero attached hydrogens (tertiary/aromatic N) is 1. The molecule has 1 N–H and O–H groups in total. The SMILES string of the molecule is CCOC(=O)c1ccc2c(c1)c(=O)ccn2CC(=O)O. The van der Waals surface area contributed by atoms with E-state index in [-0.39, 0.29) is 24.1 Å². The van der Waals surface area contributed by atoms with Gasteiger partial charge in [-0.3, -0.25) is 9.59 Å². The van der Waals surface area contributed by atoms with Crippen molar-refractivity contribution in [2.75, 3.05) is 6.61 Å². The van der Waals surface area contributed by atoms with E-state index in [1.165, 1.54) is 29.0 Å². The number of carbonyl (C=O) groups excluding carboxylic acids is 1. The van der Waals surface area contributed by atoms with Crippen molar-refractivity contribution in [1.29, 1.82) is 0 Å². The highest BCUT2D eigenvalue weighted by Gasteiger charge is 2.11. The topological polar surface area (TPSA) is 85.6 Å².